The fourth-order valence-corrected chi connectivity index (χ4v) is 5.95. The van der Waals surface area contributed by atoms with E-state index in [-0.39, 0.29) is 0 Å². The molecule has 1 aliphatic rings. The molecule has 8 heteroatoms. The number of hydrogen-bond donors (Lipinski definition) is 1. The fourth-order valence-electron chi connectivity index (χ4n) is 5.27. The number of hydrogen-bond acceptors (Lipinski definition) is 5. The predicted molar refractivity (Wildman–Crippen MR) is 162 cm³/mol. The van der Waals surface area contributed by atoms with Gasteiger partial charge in [-0.25, -0.2) is 9.97 Å². The van der Waals surface area contributed by atoms with Crippen molar-refractivity contribution in [1.29, 1.82) is 0 Å². The average molecular weight is 596 g/mol. The van der Waals surface area contributed by atoms with E-state index in [9.17, 15) is 0 Å². The Bertz CT molecular complexity index is 1320. The van der Waals surface area contributed by atoms with Gasteiger partial charge >= 0.3 is 0 Å². The number of rotatable bonds is 10. The molecule has 6 nitrogen and oxygen atoms in total. The van der Waals surface area contributed by atoms with Gasteiger partial charge in [0.15, 0.2) is 5.65 Å². The van der Waals surface area contributed by atoms with Crippen molar-refractivity contribution in [2.24, 2.45) is 0 Å². The lowest BCUT2D eigenvalue weighted by atomic mass is 10.1. The number of H-pyrrole nitrogens is 1. The summed E-state index contributed by atoms with van der Waals surface area (Å²) in [6, 6.07) is 17.0. The van der Waals surface area contributed by atoms with Crippen molar-refractivity contribution in [2.45, 2.75) is 39.8 Å². The molecule has 0 aliphatic carbocycles. The van der Waals surface area contributed by atoms with Gasteiger partial charge in [-0.15, -0.1) is 0 Å². The van der Waals surface area contributed by atoms with Gasteiger partial charge in [-0.1, -0.05) is 61.8 Å². The minimum atomic E-state index is 0.753. The van der Waals surface area contributed by atoms with Gasteiger partial charge in [0, 0.05) is 56.1 Å². The Morgan fingerprint density at radius 2 is 1.58 bits per heavy atom. The molecule has 5 rings (SSSR count). The highest BCUT2D eigenvalue weighted by molar-refractivity contribution is 9.10. The van der Waals surface area contributed by atoms with E-state index < -0.39 is 0 Å². The first kappa shape index (κ1) is 27.1. The lowest BCUT2D eigenvalue weighted by Gasteiger charge is -2.36. The summed E-state index contributed by atoms with van der Waals surface area (Å²) in [5.74, 6) is 0.860. The number of anilines is 1. The van der Waals surface area contributed by atoms with Gasteiger partial charge in [0.1, 0.15) is 11.3 Å². The zero-order chi connectivity index (χ0) is 26.5. The van der Waals surface area contributed by atoms with E-state index in [2.05, 4.69) is 90.8 Å². The molecule has 1 fully saturated rings. The smallest absolute Gasteiger partial charge is 0.180 e. The van der Waals surface area contributed by atoms with E-state index in [1.165, 1.54) is 24.0 Å². The molecule has 200 valence electrons. The SMILES string of the molecule is CCCN(CCC)Cc1ccc(-c2nc3ncc(Br)c(N4CCN(Cc5ccc(Cl)cc5)CC4)c3[nH]2)cc1. The number of benzene rings is 2. The topological polar surface area (TPSA) is 51.3 Å². The maximum atomic E-state index is 6.05. The number of piperazine rings is 1. The molecular formula is C30H36BrClN6. The van der Waals surface area contributed by atoms with Crippen LogP contribution in [0.2, 0.25) is 5.02 Å². The molecule has 0 unspecified atom stereocenters. The number of nitrogens with zero attached hydrogens (tertiary/aromatic N) is 5. The highest BCUT2D eigenvalue weighted by Gasteiger charge is 2.23. The van der Waals surface area contributed by atoms with E-state index in [1.807, 2.05) is 18.3 Å². The molecule has 4 aromatic rings. The van der Waals surface area contributed by atoms with Gasteiger partial charge in [-0.2, -0.15) is 0 Å². The van der Waals surface area contributed by atoms with Crippen LogP contribution in [-0.2, 0) is 13.1 Å². The third-order valence-electron chi connectivity index (χ3n) is 7.17. The summed E-state index contributed by atoms with van der Waals surface area (Å²) >= 11 is 9.82. The largest absolute Gasteiger partial charge is 0.366 e. The highest BCUT2D eigenvalue weighted by atomic mass is 79.9. The number of pyridine rings is 1. The van der Waals surface area contributed by atoms with Gasteiger partial charge in [0.2, 0.25) is 0 Å². The summed E-state index contributed by atoms with van der Waals surface area (Å²) in [6.07, 6.45) is 4.24. The average Bonchev–Trinajstić information content (AvgIpc) is 3.36. The van der Waals surface area contributed by atoms with Crippen molar-refractivity contribution in [2.75, 3.05) is 44.2 Å². The lowest BCUT2D eigenvalue weighted by Crippen LogP contribution is -2.46. The van der Waals surface area contributed by atoms with Crippen molar-refractivity contribution in [1.82, 2.24) is 24.8 Å². The monoisotopic (exact) mass is 594 g/mol. The number of aromatic amines is 1. The molecule has 0 atom stereocenters. The maximum Gasteiger partial charge on any atom is 0.180 e. The molecule has 38 heavy (non-hydrogen) atoms. The van der Waals surface area contributed by atoms with Gasteiger partial charge in [0.25, 0.3) is 0 Å². The first-order valence-electron chi connectivity index (χ1n) is 13.6. The van der Waals surface area contributed by atoms with Gasteiger partial charge in [-0.3, -0.25) is 9.80 Å². The number of nitrogens with one attached hydrogen (secondary N) is 1. The molecule has 0 amide bonds. The molecule has 0 radical (unpaired) electrons. The van der Waals surface area contributed by atoms with Crippen molar-refractivity contribution >= 4 is 44.4 Å². The summed E-state index contributed by atoms with van der Waals surface area (Å²) in [6.45, 7) is 12.6. The number of imidazole rings is 1. The Balaban J connectivity index is 1.30. The van der Waals surface area contributed by atoms with Crippen LogP contribution in [0, 0.1) is 0 Å². The minimum absolute atomic E-state index is 0.753. The third-order valence-corrected chi connectivity index (χ3v) is 8.00. The Hall–Kier alpha value is -2.45. The van der Waals surface area contributed by atoms with Crippen LogP contribution in [0.15, 0.2) is 59.2 Å². The highest BCUT2D eigenvalue weighted by Crippen LogP contribution is 2.34. The summed E-state index contributed by atoms with van der Waals surface area (Å²) in [5.41, 5.74) is 6.60. The van der Waals surface area contributed by atoms with Gasteiger partial charge < -0.3 is 9.88 Å². The molecule has 1 N–H and O–H groups in total. The summed E-state index contributed by atoms with van der Waals surface area (Å²) < 4.78 is 0.994. The van der Waals surface area contributed by atoms with Crippen LogP contribution >= 0.6 is 27.5 Å². The molecule has 2 aromatic carbocycles. The molecule has 0 saturated carbocycles. The zero-order valence-electron chi connectivity index (χ0n) is 22.3. The lowest BCUT2D eigenvalue weighted by molar-refractivity contribution is 0.250. The first-order chi connectivity index (χ1) is 18.5. The molecule has 1 saturated heterocycles. The molecule has 1 aliphatic heterocycles. The third kappa shape index (κ3) is 6.40. The Morgan fingerprint density at radius 1 is 0.921 bits per heavy atom. The zero-order valence-corrected chi connectivity index (χ0v) is 24.6. The van der Waals surface area contributed by atoms with Crippen molar-refractivity contribution in [3.8, 4) is 11.4 Å². The van der Waals surface area contributed by atoms with E-state index in [0.717, 1.165) is 90.1 Å². The quantitative estimate of drug-likeness (QED) is 0.214. The normalized spacial score (nSPS) is 14.6. The first-order valence-corrected chi connectivity index (χ1v) is 14.8. The van der Waals surface area contributed by atoms with Crippen molar-refractivity contribution in [3.63, 3.8) is 0 Å². The maximum absolute atomic E-state index is 6.05. The molecule has 0 bridgehead atoms. The van der Waals surface area contributed by atoms with Crippen LogP contribution in [0.1, 0.15) is 37.8 Å². The van der Waals surface area contributed by atoms with E-state index in [4.69, 9.17) is 16.6 Å². The van der Waals surface area contributed by atoms with E-state index in [1.54, 1.807) is 0 Å². The van der Waals surface area contributed by atoms with Crippen LogP contribution in [0.4, 0.5) is 5.69 Å². The standard InChI is InChI=1S/C30H36BrClN6/c1-3-13-36(14-4-2)20-22-5-9-24(10-6-22)29-34-27-28(26(31)19-33-30(27)35-29)38-17-15-37(16-18-38)21-23-7-11-25(32)12-8-23/h5-12,19H,3-4,13-18,20-21H2,1-2H3,(H,33,34,35). The van der Waals surface area contributed by atoms with Gasteiger partial charge in [-0.05, 0) is 65.1 Å². The van der Waals surface area contributed by atoms with Crippen molar-refractivity contribution < 1.29 is 0 Å². The van der Waals surface area contributed by atoms with Crippen LogP contribution in [0.25, 0.3) is 22.6 Å². The second-order valence-corrected chi connectivity index (χ2v) is 11.4. The van der Waals surface area contributed by atoms with Crippen LogP contribution in [0.3, 0.4) is 0 Å². The second kappa shape index (κ2) is 12.6. The summed E-state index contributed by atoms with van der Waals surface area (Å²) in [7, 11) is 0. The van der Waals surface area contributed by atoms with Gasteiger partial charge in [0.05, 0.1) is 10.2 Å². The van der Waals surface area contributed by atoms with E-state index >= 15 is 0 Å². The number of fused-ring (bicyclic) bond motifs is 1. The predicted octanol–water partition coefficient (Wildman–Crippen LogP) is 6.99. The Labute approximate surface area is 239 Å². The summed E-state index contributed by atoms with van der Waals surface area (Å²) in [4.78, 5) is 20.5. The summed E-state index contributed by atoms with van der Waals surface area (Å²) in [5, 5.41) is 0.783. The Kier molecular flexibility index (Phi) is 9.00. The minimum Gasteiger partial charge on any atom is -0.366 e. The van der Waals surface area contributed by atoms with Crippen LogP contribution in [0.5, 0.6) is 0 Å². The molecule has 2 aromatic heterocycles. The molecule has 3 heterocycles. The Morgan fingerprint density at radius 3 is 2.24 bits per heavy atom. The fraction of sp³-hybridized carbons (Fsp3) is 0.400. The molecule has 0 spiro atoms. The van der Waals surface area contributed by atoms with Crippen LogP contribution in [-0.4, -0.2) is 64.0 Å². The van der Waals surface area contributed by atoms with Crippen LogP contribution < -0.4 is 4.90 Å². The second-order valence-electron chi connectivity index (χ2n) is 10.1. The number of aromatic nitrogens is 3. The van der Waals surface area contributed by atoms with E-state index in [0.29, 0.717) is 0 Å². The number of halogens is 2. The molecular weight excluding hydrogens is 560 g/mol. The van der Waals surface area contributed by atoms with Crippen molar-refractivity contribution in [3.05, 3.63) is 75.4 Å².